The van der Waals surface area contributed by atoms with Gasteiger partial charge in [0.05, 0.1) is 22.2 Å². The van der Waals surface area contributed by atoms with Crippen LogP contribution in [0.5, 0.6) is 0 Å². The van der Waals surface area contributed by atoms with Gasteiger partial charge in [0, 0.05) is 11.8 Å². The third kappa shape index (κ3) is 2.85. The SMILES string of the molecule is CN1C2(C)C(OC(=O)c3ccccc3)C(OC(=O)c3ccccc3)C1(C)C1c3cccc4cccc(c34)C12. The van der Waals surface area contributed by atoms with Crippen molar-refractivity contribution >= 4 is 22.7 Å². The Morgan fingerprint density at radius 3 is 1.47 bits per heavy atom. The van der Waals surface area contributed by atoms with Gasteiger partial charge in [0.25, 0.3) is 0 Å². The summed E-state index contributed by atoms with van der Waals surface area (Å²) in [6.07, 6.45) is -1.33. The van der Waals surface area contributed by atoms with Crippen LogP contribution in [0.3, 0.4) is 0 Å². The van der Waals surface area contributed by atoms with E-state index in [0.29, 0.717) is 11.1 Å². The molecule has 0 N–H and O–H groups in total. The second kappa shape index (κ2) is 8.02. The van der Waals surface area contributed by atoms with Gasteiger partial charge in [-0.1, -0.05) is 72.8 Å². The Balaban J connectivity index is 1.38. The largest absolute Gasteiger partial charge is 0.453 e. The van der Waals surface area contributed by atoms with Crippen molar-refractivity contribution in [2.75, 3.05) is 7.05 Å². The summed E-state index contributed by atoms with van der Waals surface area (Å²) < 4.78 is 12.7. The van der Waals surface area contributed by atoms with E-state index >= 15 is 0 Å². The zero-order valence-electron chi connectivity index (χ0n) is 21.6. The highest BCUT2D eigenvalue weighted by atomic mass is 16.6. The van der Waals surface area contributed by atoms with Gasteiger partial charge >= 0.3 is 11.9 Å². The molecule has 2 bridgehead atoms. The number of hydrogen-bond donors (Lipinski definition) is 0. The lowest BCUT2D eigenvalue weighted by Crippen LogP contribution is -2.56. The number of nitrogens with zero attached hydrogens (tertiary/aromatic N) is 1. The number of hydrogen-bond acceptors (Lipinski definition) is 5. The normalized spacial score (nSPS) is 30.8. The first-order chi connectivity index (χ1) is 18.4. The van der Waals surface area contributed by atoms with Gasteiger partial charge in [-0.15, -0.1) is 0 Å². The molecule has 0 spiro atoms. The number of carbonyl (C=O) groups is 2. The fraction of sp³-hybridized carbons (Fsp3) is 0.273. The summed E-state index contributed by atoms with van der Waals surface area (Å²) in [6, 6.07) is 31.0. The molecule has 0 amide bonds. The third-order valence-corrected chi connectivity index (χ3v) is 9.59. The third-order valence-electron chi connectivity index (χ3n) is 9.59. The van der Waals surface area contributed by atoms with Crippen LogP contribution in [-0.4, -0.2) is 47.2 Å². The van der Waals surface area contributed by atoms with E-state index in [4.69, 9.17) is 9.47 Å². The highest BCUT2D eigenvalue weighted by Crippen LogP contribution is 2.70. The van der Waals surface area contributed by atoms with Crippen LogP contribution in [0.1, 0.15) is 57.5 Å². The Labute approximate surface area is 222 Å². The molecule has 7 rings (SSSR count). The van der Waals surface area contributed by atoms with Gasteiger partial charge in [-0.25, -0.2) is 9.59 Å². The van der Waals surface area contributed by atoms with E-state index in [2.05, 4.69) is 62.2 Å². The maximum Gasteiger partial charge on any atom is 0.338 e. The van der Waals surface area contributed by atoms with E-state index in [9.17, 15) is 9.59 Å². The van der Waals surface area contributed by atoms with Crippen LogP contribution < -0.4 is 0 Å². The molecule has 6 atom stereocenters. The first-order valence-corrected chi connectivity index (χ1v) is 13.1. The quantitative estimate of drug-likeness (QED) is 0.322. The highest BCUT2D eigenvalue weighted by molar-refractivity contribution is 5.94. The number of esters is 2. The Morgan fingerprint density at radius 2 is 1.05 bits per heavy atom. The minimum absolute atomic E-state index is 0.0823. The smallest absolute Gasteiger partial charge is 0.338 e. The molecule has 5 nitrogen and oxygen atoms in total. The maximum atomic E-state index is 13.5. The minimum atomic E-state index is -0.663. The van der Waals surface area contributed by atoms with Crippen molar-refractivity contribution in [3.05, 3.63) is 119 Å². The Kier molecular flexibility index (Phi) is 4.89. The molecule has 6 unspecified atom stereocenters. The lowest BCUT2D eigenvalue weighted by atomic mass is 9.64. The summed E-state index contributed by atoms with van der Waals surface area (Å²) in [5.41, 5.74) is 2.31. The van der Waals surface area contributed by atoms with Crippen LogP contribution >= 0.6 is 0 Å². The fourth-order valence-corrected chi connectivity index (χ4v) is 7.74. The number of likely N-dealkylation sites (N-methyl/N-ethyl adjacent to an activating group) is 1. The van der Waals surface area contributed by atoms with Gasteiger partial charge in [0.2, 0.25) is 0 Å². The molecule has 38 heavy (non-hydrogen) atoms. The first-order valence-electron chi connectivity index (χ1n) is 13.1. The standard InChI is InChI=1S/C33H29NO4/c1-32-26-23-18-10-16-20-17-11-19-24(25(20)23)27(26)33(2,34(32)3)29(38-31(36)22-14-8-5-9-15-22)28(32)37-30(35)21-12-6-4-7-13-21/h4-19,26-29H,1-3H3. The van der Waals surface area contributed by atoms with Crippen molar-refractivity contribution in [3.8, 4) is 0 Å². The van der Waals surface area contributed by atoms with Crippen molar-refractivity contribution in [3.63, 3.8) is 0 Å². The summed E-state index contributed by atoms with van der Waals surface area (Å²) >= 11 is 0. The van der Waals surface area contributed by atoms with E-state index in [0.717, 1.165) is 0 Å². The molecule has 0 saturated carbocycles. The van der Waals surface area contributed by atoms with Crippen molar-refractivity contribution < 1.29 is 19.1 Å². The topological polar surface area (TPSA) is 55.8 Å². The highest BCUT2D eigenvalue weighted by Gasteiger charge is 2.78. The van der Waals surface area contributed by atoms with Crippen LogP contribution in [0.4, 0.5) is 0 Å². The lowest BCUT2D eigenvalue weighted by Gasteiger charge is -2.44. The molecule has 2 saturated heterocycles. The Morgan fingerprint density at radius 1 is 0.632 bits per heavy atom. The number of benzene rings is 4. The van der Waals surface area contributed by atoms with E-state index in [-0.39, 0.29) is 11.8 Å². The fourth-order valence-electron chi connectivity index (χ4n) is 7.74. The second-order valence-electron chi connectivity index (χ2n) is 11.1. The van der Waals surface area contributed by atoms with Crippen LogP contribution in [0, 0.1) is 0 Å². The molecule has 4 aromatic carbocycles. The van der Waals surface area contributed by atoms with Gasteiger partial charge < -0.3 is 9.47 Å². The summed E-state index contributed by atoms with van der Waals surface area (Å²) in [5.74, 6) is -0.655. The van der Waals surface area contributed by atoms with Crippen LogP contribution in [0.25, 0.3) is 10.8 Å². The molecule has 2 heterocycles. The average molecular weight is 504 g/mol. The zero-order chi connectivity index (χ0) is 26.2. The van der Waals surface area contributed by atoms with Gasteiger partial charge in [0.1, 0.15) is 0 Å². The van der Waals surface area contributed by atoms with Crippen molar-refractivity contribution in [2.24, 2.45) is 0 Å². The summed E-state index contributed by atoms with van der Waals surface area (Å²) in [6.45, 7) is 4.33. The summed E-state index contributed by atoms with van der Waals surface area (Å²) in [4.78, 5) is 29.2. The molecule has 2 aliphatic heterocycles. The van der Waals surface area contributed by atoms with Gasteiger partial charge in [-0.2, -0.15) is 0 Å². The first kappa shape index (κ1) is 23.2. The van der Waals surface area contributed by atoms with E-state index < -0.39 is 35.2 Å². The molecule has 0 radical (unpaired) electrons. The molecule has 1 aliphatic carbocycles. The van der Waals surface area contributed by atoms with Gasteiger partial charge in [-0.3, -0.25) is 4.90 Å². The molecule has 3 aliphatic rings. The van der Waals surface area contributed by atoms with Crippen LogP contribution in [-0.2, 0) is 9.47 Å². The number of fused-ring (bicyclic) bond motifs is 7. The number of rotatable bonds is 4. The van der Waals surface area contributed by atoms with Crippen LogP contribution in [0.15, 0.2) is 97.1 Å². The molecule has 4 aromatic rings. The summed E-state index contributed by atoms with van der Waals surface area (Å²) in [7, 11) is 2.08. The minimum Gasteiger partial charge on any atom is -0.453 e. The predicted octanol–water partition coefficient (Wildman–Crippen LogP) is 5.95. The Hall–Kier alpha value is -3.96. The van der Waals surface area contributed by atoms with Crippen molar-refractivity contribution in [2.45, 2.75) is 49.0 Å². The average Bonchev–Trinajstić information content (AvgIpc) is 3.44. The van der Waals surface area contributed by atoms with Crippen molar-refractivity contribution in [1.29, 1.82) is 0 Å². The monoisotopic (exact) mass is 503 g/mol. The molecule has 5 heteroatoms. The number of carbonyl (C=O) groups excluding carboxylic acids is 2. The van der Waals surface area contributed by atoms with Crippen molar-refractivity contribution in [1.82, 2.24) is 4.90 Å². The van der Waals surface area contributed by atoms with Gasteiger partial charge in [0.15, 0.2) is 12.2 Å². The van der Waals surface area contributed by atoms with E-state index in [1.807, 2.05) is 36.4 Å². The maximum absolute atomic E-state index is 13.5. The lowest BCUT2D eigenvalue weighted by molar-refractivity contribution is -0.0706. The van der Waals surface area contributed by atoms with Crippen LogP contribution in [0.2, 0.25) is 0 Å². The molecule has 0 aromatic heterocycles. The Bertz CT molecular complexity index is 1470. The van der Waals surface area contributed by atoms with E-state index in [1.165, 1.54) is 21.9 Å². The predicted molar refractivity (Wildman–Crippen MR) is 145 cm³/mol. The summed E-state index contributed by atoms with van der Waals surface area (Å²) in [5, 5.41) is 2.48. The zero-order valence-corrected chi connectivity index (χ0v) is 21.6. The molecular weight excluding hydrogens is 474 g/mol. The van der Waals surface area contributed by atoms with Gasteiger partial charge in [-0.05, 0) is 67.1 Å². The number of ether oxygens (including phenoxy) is 2. The molecular formula is C33H29NO4. The second-order valence-corrected chi connectivity index (χ2v) is 11.1. The van der Waals surface area contributed by atoms with E-state index in [1.54, 1.807) is 24.3 Å². The molecule has 190 valence electrons. The molecule has 2 fully saturated rings.